The highest BCUT2D eigenvalue weighted by Gasteiger charge is 2.50. The number of hydrogen-bond acceptors (Lipinski definition) is 6. The third kappa shape index (κ3) is 3.55. The van der Waals surface area contributed by atoms with Gasteiger partial charge >= 0.3 is 6.03 Å². The zero-order valence-electron chi connectivity index (χ0n) is 18.9. The summed E-state index contributed by atoms with van der Waals surface area (Å²) in [6, 6.07) is 0.578. The first-order chi connectivity index (χ1) is 15.7. The summed E-state index contributed by atoms with van der Waals surface area (Å²) in [5.41, 5.74) is 2.15. The number of rotatable bonds is 4. The molecule has 0 atom stereocenters. The maximum atomic E-state index is 13.0. The molecule has 1 aromatic rings. The number of carbonyl (C=O) groups excluding carboxylic acids is 1. The molecule has 0 unspecified atom stereocenters. The van der Waals surface area contributed by atoms with E-state index in [0.29, 0.717) is 52.0 Å². The van der Waals surface area contributed by atoms with E-state index in [1.165, 1.54) is 37.7 Å². The molecule has 0 spiro atoms. The molecule has 4 aliphatic carbocycles. The van der Waals surface area contributed by atoms with Crippen molar-refractivity contribution in [1.82, 2.24) is 19.8 Å². The molecule has 7 rings (SSSR count). The molecule has 8 nitrogen and oxygen atoms in total. The van der Waals surface area contributed by atoms with Crippen molar-refractivity contribution in [2.75, 3.05) is 50.9 Å². The van der Waals surface area contributed by atoms with E-state index in [-0.39, 0.29) is 12.6 Å². The number of carbonyl (C=O) groups is 1. The summed E-state index contributed by atoms with van der Waals surface area (Å²) in [5.74, 6) is 4.31. The van der Waals surface area contributed by atoms with Crippen molar-refractivity contribution >= 4 is 11.8 Å². The molecule has 0 aromatic carbocycles. The van der Waals surface area contributed by atoms with E-state index in [4.69, 9.17) is 9.72 Å². The number of fused-ring (bicyclic) bond motifs is 1. The number of aromatic nitrogens is 2. The van der Waals surface area contributed by atoms with Crippen LogP contribution in [-0.2, 0) is 17.7 Å². The topological polar surface area (TPSA) is 82.0 Å². The van der Waals surface area contributed by atoms with E-state index in [1.807, 2.05) is 9.80 Å². The van der Waals surface area contributed by atoms with Crippen molar-refractivity contribution in [3.63, 3.8) is 0 Å². The number of hydrogen-bond donors (Lipinski definition) is 1. The van der Waals surface area contributed by atoms with Gasteiger partial charge in [-0.25, -0.2) is 14.8 Å². The molecule has 4 bridgehead atoms. The molecule has 1 N–H and O–H groups in total. The van der Waals surface area contributed by atoms with Crippen molar-refractivity contribution in [3.05, 3.63) is 17.6 Å². The van der Waals surface area contributed by atoms with Crippen LogP contribution in [0.4, 0.5) is 10.6 Å². The van der Waals surface area contributed by atoms with Crippen molar-refractivity contribution in [2.24, 2.45) is 23.7 Å². The van der Waals surface area contributed by atoms with Gasteiger partial charge < -0.3 is 24.5 Å². The lowest BCUT2D eigenvalue weighted by Crippen LogP contribution is -2.57. The first kappa shape index (κ1) is 20.7. The molecule has 0 radical (unpaired) electrons. The number of urea groups is 1. The summed E-state index contributed by atoms with van der Waals surface area (Å²) < 4.78 is 5.40. The highest BCUT2D eigenvalue weighted by Crippen LogP contribution is 2.55. The molecule has 2 aliphatic heterocycles. The second kappa shape index (κ2) is 8.45. The normalized spacial score (nSPS) is 33.3. The SMILES string of the molecule is O=C(N1CCOCC1)N1CCc2c(ncnc2N(CCO)C2C3CC4CC(C3)CC2C4)C1. The lowest BCUT2D eigenvalue weighted by atomic mass is 9.54. The minimum Gasteiger partial charge on any atom is -0.395 e. The maximum absolute atomic E-state index is 13.0. The molecule has 6 aliphatic rings. The number of morpholine rings is 1. The Hall–Kier alpha value is -1.93. The molecule has 8 heteroatoms. The fourth-order valence-electron chi connectivity index (χ4n) is 7.61. The van der Waals surface area contributed by atoms with Crippen LogP contribution in [0.3, 0.4) is 0 Å². The van der Waals surface area contributed by atoms with Gasteiger partial charge in [-0.2, -0.15) is 0 Å². The Kier molecular flexibility index (Phi) is 5.45. The van der Waals surface area contributed by atoms with Crippen molar-refractivity contribution in [1.29, 1.82) is 0 Å². The van der Waals surface area contributed by atoms with Crippen LogP contribution in [0.15, 0.2) is 6.33 Å². The van der Waals surface area contributed by atoms with Gasteiger partial charge in [-0.1, -0.05) is 0 Å². The quantitative estimate of drug-likeness (QED) is 0.769. The van der Waals surface area contributed by atoms with Crippen LogP contribution in [0.5, 0.6) is 0 Å². The van der Waals surface area contributed by atoms with Crippen LogP contribution in [0.1, 0.15) is 43.4 Å². The fourth-order valence-corrected chi connectivity index (χ4v) is 7.61. The van der Waals surface area contributed by atoms with Gasteiger partial charge in [0, 0.05) is 37.8 Å². The summed E-state index contributed by atoms with van der Waals surface area (Å²) in [7, 11) is 0. The minimum absolute atomic E-state index is 0.0902. The second-order valence-corrected chi connectivity index (χ2v) is 10.5. The Labute approximate surface area is 189 Å². The van der Waals surface area contributed by atoms with Crippen LogP contribution >= 0.6 is 0 Å². The van der Waals surface area contributed by atoms with Gasteiger partial charge in [0.1, 0.15) is 12.1 Å². The van der Waals surface area contributed by atoms with E-state index in [1.54, 1.807) is 6.33 Å². The average Bonchev–Trinajstić information content (AvgIpc) is 2.82. The predicted molar refractivity (Wildman–Crippen MR) is 119 cm³/mol. The van der Waals surface area contributed by atoms with E-state index < -0.39 is 0 Å². The fraction of sp³-hybridized carbons (Fsp3) is 0.792. The standard InChI is InChI=1S/C24H35N5O3/c30-6-3-29(22-18-10-16-9-17(12-18)13-19(22)11-16)23-20-1-2-28(14-21(20)25-15-26-23)24(31)27-4-7-32-8-5-27/h15-19,22,30H,1-14H2. The Morgan fingerprint density at radius 2 is 1.75 bits per heavy atom. The molecule has 4 saturated carbocycles. The van der Waals surface area contributed by atoms with Gasteiger partial charge in [-0.15, -0.1) is 0 Å². The van der Waals surface area contributed by atoms with Crippen molar-refractivity contribution < 1.29 is 14.6 Å². The van der Waals surface area contributed by atoms with E-state index in [9.17, 15) is 9.90 Å². The molecule has 5 fully saturated rings. The van der Waals surface area contributed by atoms with Crippen LogP contribution in [-0.4, -0.2) is 82.9 Å². The van der Waals surface area contributed by atoms with Crippen LogP contribution in [0, 0.1) is 23.7 Å². The second-order valence-electron chi connectivity index (χ2n) is 10.5. The number of ether oxygens (including phenoxy) is 1. The van der Waals surface area contributed by atoms with E-state index in [0.717, 1.165) is 41.6 Å². The monoisotopic (exact) mass is 441 g/mol. The van der Waals surface area contributed by atoms with E-state index >= 15 is 0 Å². The van der Waals surface area contributed by atoms with Gasteiger partial charge in [0.05, 0.1) is 32.1 Å². The molecule has 2 amide bonds. The number of nitrogens with zero attached hydrogens (tertiary/aromatic N) is 5. The minimum atomic E-state index is 0.0902. The van der Waals surface area contributed by atoms with Gasteiger partial charge in [-0.3, -0.25) is 0 Å². The lowest BCUT2D eigenvalue weighted by molar-refractivity contribution is -0.00396. The maximum Gasteiger partial charge on any atom is 0.320 e. The highest BCUT2D eigenvalue weighted by atomic mass is 16.5. The van der Waals surface area contributed by atoms with Crippen molar-refractivity contribution in [2.45, 2.75) is 51.1 Å². The van der Waals surface area contributed by atoms with Crippen LogP contribution in [0.2, 0.25) is 0 Å². The Morgan fingerprint density at radius 3 is 2.44 bits per heavy atom. The molecule has 32 heavy (non-hydrogen) atoms. The molecule has 1 saturated heterocycles. The zero-order valence-corrected chi connectivity index (χ0v) is 18.9. The Morgan fingerprint density at radius 1 is 1.03 bits per heavy atom. The predicted octanol–water partition coefficient (Wildman–Crippen LogP) is 1.91. The highest BCUT2D eigenvalue weighted by molar-refractivity contribution is 5.75. The van der Waals surface area contributed by atoms with Gasteiger partial charge in [0.25, 0.3) is 0 Å². The average molecular weight is 442 g/mol. The number of aliphatic hydroxyl groups is 1. The first-order valence-electron chi connectivity index (χ1n) is 12.5. The number of anilines is 1. The van der Waals surface area contributed by atoms with Crippen LogP contribution < -0.4 is 4.90 Å². The van der Waals surface area contributed by atoms with E-state index in [2.05, 4.69) is 9.88 Å². The van der Waals surface area contributed by atoms with Crippen molar-refractivity contribution in [3.8, 4) is 0 Å². The third-order valence-electron chi connectivity index (χ3n) is 8.69. The third-order valence-corrected chi connectivity index (χ3v) is 8.69. The summed E-state index contributed by atoms with van der Waals surface area (Å²) in [5, 5.41) is 9.96. The van der Waals surface area contributed by atoms with Gasteiger partial charge in [0.2, 0.25) is 0 Å². The summed E-state index contributed by atoms with van der Waals surface area (Å²) in [6.45, 7) is 4.56. The molecule has 3 heterocycles. The zero-order chi connectivity index (χ0) is 21.7. The largest absolute Gasteiger partial charge is 0.395 e. The lowest BCUT2D eigenvalue weighted by Gasteiger charge is -2.57. The summed E-state index contributed by atoms with van der Waals surface area (Å²) >= 11 is 0. The van der Waals surface area contributed by atoms with Gasteiger partial charge in [-0.05, 0) is 62.2 Å². The molecular weight excluding hydrogens is 406 g/mol. The Balaban J connectivity index is 1.25. The molecule has 174 valence electrons. The molecule has 1 aromatic heterocycles. The first-order valence-corrected chi connectivity index (χ1v) is 12.5. The van der Waals surface area contributed by atoms with Gasteiger partial charge in [0.15, 0.2) is 0 Å². The smallest absolute Gasteiger partial charge is 0.320 e. The summed E-state index contributed by atoms with van der Waals surface area (Å²) in [4.78, 5) is 28.6. The van der Waals surface area contributed by atoms with Crippen LogP contribution in [0.25, 0.3) is 0 Å². The number of aliphatic hydroxyl groups excluding tert-OH is 1. The molecular formula is C24H35N5O3. The Bertz CT molecular complexity index is 830. The number of amides is 2. The summed E-state index contributed by atoms with van der Waals surface area (Å²) in [6.07, 6.45) is 9.25.